The molecule has 0 saturated heterocycles. The number of unbranched alkanes of at least 4 members (excludes halogenated alkanes) is 1. The van der Waals surface area contributed by atoms with E-state index in [1.165, 1.54) is 12.1 Å². The van der Waals surface area contributed by atoms with Crippen molar-refractivity contribution >= 4 is 45.0 Å². The van der Waals surface area contributed by atoms with Gasteiger partial charge in [0.05, 0.1) is 22.7 Å². The molecule has 0 N–H and O–H groups in total. The van der Waals surface area contributed by atoms with Crippen molar-refractivity contribution < 1.29 is 13.9 Å². The van der Waals surface area contributed by atoms with E-state index in [9.17, 15) is 9.18 Å². The fraction of sp³-hybridized carbons (Fsp3) is 0.381. The van der Waals surface area contributed by atoms with Crippen LogP contribution in [0, 0.1) is 11.2 Å². The van der Waals surface area contributed by atoms with Gasteiger partial charge < -0.3 is 4.74 Å². The van der Waals surface area contributed by atoms with E-state index in [1.54, 1.807) is 35.9 Å². The zero-order valence-electron chi connectivity index (χ0n) is 15.7. The number of nitrogens with zero attached hydrogens (tertiary/aromatic N) is 1. The second-order valence-corrected chi connectivity index (χ2v) is 8.90. The Morgan fingerprint density at radius 1 is 1.30 bits per heavy atom. The molecular weight excluding hydrogens is 429 g/mol. The first-order valence-corrected chi connectivity index (χ1v) is 10.8. The number of ether oxygens (including phenoxy) is 1. The molecule has 0 spiro atoms. The van der Waals surface area contributed by atoms with Gasteiger partial charge in [-0.2, -0.15) is 0 Å². The van der Waals surface area contributed by atoms with Crippen molar-refractivity contribution in [3.8, 4) is 5.75 Å². The van der Waals surface area contributed by atoms with Crippen molar-refractivity contribution in [1.82, 2.24) is 0 Å². The number of carbonyl (C=O) groups excluding carboxylic acids is 1. The summed E-state index contributed by atoms with van der Waals surface area (Å²) in [4.78, 5) is 16.4. The molecule has 0 fully saturated rings. The quantitative estimate of drug-likeness (QED) is 0.514. The number of amides is 1. The predicted molar refractivity (Wildman–Crippen MR) is 113 cm³/mol. The molecule has 27 heavy (non-hydrogen) atoms. The van der Waals surface area contributed by atoms with Gasteiger partial charge in [0, 0.05) is 16.3 Å². The molecule has 1 unspecified atom stereocenters. The van der Waals surface area contributed by atoms with Gasteiger partial charge >= 0.3 is 0 Å². The van der Waals surface area contributed by atoms with Crippen LogP contribution >= 0.6 is 27.7 Å². The van der Waals surface area contributed by atoms with Crippen molar-refractivity contribution in [3.05, 3.63) is 46.7 Å². The largest absolute Gasteiger partial charge is 0.496 e. The molecule has 144 valence electrons. The minimum absolute atomic E-state index is 0.0471. The Balaban J connectivity index is 2.16. The van der Waals surface area contributed by atoms with Crippen LogP contribution in [0.25, 0.3) is 0 Å². The minimum atomic E-state index is -0.492. The first-order valence-electron chi connectivity index (χ1n) is 9.00. The lowest BCUT2D eigenvalue weighted by molar-refractivity contribution is -0.125. The Labute approximate surface area is 172 Å². The third-order valence-electron chi connectivity index (χ3n) is 4.91. The Hall–Kier alpha value is -1.53. The fourth-order valence-corrected chi connectivity index (χ4v) is 4.97. The highest BCUT2D eigenvalue weighted by molar-refractivity contribution is 9.10. The lowest BCUT2D eigenvalue weighted by Crippen LogP contribution is -2.40. The number of carbonyl (C=O) groups is 1. The molecule has 0 aliphatic carbocycles. The molecule has 1 aliphatic rings. The first-order chi connectivity index (χ1) is 12.9. The van der Waals surface area contributed by atoms with Crippen molar-refractivity contribution in [2.24, 2.45) is 5.41 Å². The summed E-state index contributed by atoms with van der Waals surface area (Å²) in [6.45, 7) is 4.17. The molecule has 1 atom stereocenters. The molecule has 1 heterocycles. The molecule has 1 aliphatic heterocycles. The number of methoxy groups -OCH3 is 1. The molecule has 0 saturated carbocycles. The highest BCUT2D eigenvalue weighted by atomic mass is 79.9. The summed E-state index contributed by atoms with van der Waals surface area (Å²) in [6, 6.07) is 9.97. The number of hydrogen-bond acceptors (Lipinski definition) is 3. The third kappa shape index (κ3) is 4.02. The molecule has 0 bridgehead atoms. The SMILES string of the molecule is CCCCC1(C)CSc2cc(OC)c(Br)cc2N(c2ccc(F)cc2)C1=O. The zero-order valence-corrected chi connectivity index (χ0v) is 18.1. The maximum Gasteiger partial charge on any atom is 0.238 e. The minimum Gasteiger partial charge on any atom is -0.496 e. The highest BCUT2D eigenvalue weighted by Crippen LogP contribution is 2.48. The van der Waals surface area contributed by atoms with E-state index in [0.717, 1.165) is 40.1 Å². The van der Waals surface area contributed by atoms with Crippen LogP contribution in [0.3, 0.4) is 0 Å². The molecule has 0 aromatic heterocycles. The van der Waals surface area contributed by atoms with Gasteiger partial charge in [-0.15, -0.1) is 11.8 Å². The van der Waals surface area contributed by atoms with E-state index in [4.69, 9.17) is 4.74 Å². The molecule has 0 radical (unpaired) electrons. The van der Waals surface area contributed by atoms with Crippen LogP contribution < -0.4 is 9.64 Å². The van der Waals surface area contributed by atoms with Crippen LogP contribution in [0.5, 0.6) is 5.75 Å². The Morgan fingerprint density at radius 2 is 2.00 bits per heavy atom. The zero-order chi connectivity index (χ0) is 19.6. The summed E-state index contributed by atoms with van der Waals surface area (Å²) in [5.74, 6) is 1.15. The summed E-state index contributed by atoms with van der Waals surface area (Å²) in [7, 11) is 1.63. The predicted octanol–water partition coefficient (Wildman–Crippen LogP) is 6.56. The van der Waals surface area contributed by atoms with Crippen LogP contribution in [0.15, 0.2) is 45.8 Å². The van der Waals surface area contributed by atoms with Gasteiger partial charge in [-0.3, -0.25) is 9.69 Å². The van der Waals surface area contributed by atoms with E-state index in [0.29, 0.717) is 11.4 Å². The molecule has 2 aromatic rings. The van der Waals surface area contributed by atoms with Gasteiger partial charge in [-0.25, -0.2) is 4.39 Å². The van der Waals surface area contributed by atoms with E-state index in [-0.39, 0.29) is 11.7 Å². The number of thioether (sulfide) groups is 1. The molecular formula is C21H23BrFNO2S. The van der Waals surface area contributed by atoms with Crippen molar-refractivity contribution in [3.63, 3.8) is 0 Å². The molecule has 3 rings (SSSR count). The smallest absolute Gasteiger partial charge is 0.238 e. The maximum absolute atomic E-state index is 13.7. The Kier molecular flexibility index (Phi) is 6.16. The van der Waals surface area contributed by atoms with Crippen molar-refractivity contribution in [2.75, 3.05) is 17.8 Å². The lowest BCUT2D eigenvalue weighted by Gasteiger charge is -2.32. The maximum atomic E-state index is 13.7. The Morgan fingerprint density at radius 3 is 2.63 bits per heavy atom. The van der Waals surface area contributed by atoms with E-state index in [2.05, 4.69) is 22.9 Å². The number of hydrogen-bond donors (Lipinski definition) is 0. The summed E-state index contributed by atoms with van der Waals surface area (Å²) in [6.07, 6.45) is 2.85. The standard InChI is InChI=1S/C21H23BrFNO2S/c1-4-5-10-21(2)13-27-19-12-18(26-3)16(22)11-17(19)24(20(21)25)15-8-6-14(23)7-9-15/h6-9,11-12H,4-5,10,13H2,1-3H3. The van der Waals surface area contributed by atoms with Crippen molar-refractivity contribution in [1.29, 1.82) is 0 Å². The molecule has 3 nitrogen and oxygen atoms in total. The van der Waals surface area contributed by atoms with Crippen molar-refractivity contribution in [2.45, 2.75) is 38.0 Å². The lowest BCUT2D eigenvalue weighted by atomic mass is 9.85. The first kappa shape index (κ1) is 20.2. The van der Waals surface area contributed by atoms with Crippen LogP contribution in [-0.4, -0.2) is 18.8 Å². The monoisotopic (exact) mass is 451 g/mol. The normalized spacial score (nSPS) is 19.6. The highest BCUT2D eigenvalue weighted by Gasteiger charge is 2.41. The van der Waals surface area contributed by atoms with Gasteiger partial charge in [-0.1, -0.05) is 19.8 Å². The number of anilines is 2. The fourth-order valence-electron chi connectivity index (χ4n) is 3.24. The second kappa shape index (κ2) is 8.23. The summed E-state index contributed by atoms with van der Waals surface area (Å²) in [5.41, 5.74) is 0.975. The Bertz CT molecular complexity index is 843. The van der Waals surface area contributed by atoms with E-state index in [1.807, 2.05) is 19.1 Å². The molecule has 6 heteroatoms. The van der Waals surface area contributed by atoms with Gasteiger partial charge in [0.25, 0.3) is 0 Å². The third-order valence-corrected chi connectivity index (χ3v) is 6.95. The average Bonchev–Trinajstić information content (AvgIpc) is 2.76. The topological polar surface area (TPSA) is 29.5 Å². The van der Waals surface area contributed by atoms with Crippen LogP contribution in [0.2, 0.25) is 0 Å². The molecule has 1 amide bonds. The van der Waals surface area contributed by atoms with Crippen LogP contribution in [0.4, 0.5) is 15.8 Å². The summed E-state index contributed by atoms with van der Waals surface area (Å²) in [5, 5.41) is 0. The second-order valence-electron chi connectivity index (χ2n) is 7.02. The van der Waals surface area contributed by atoms with E-state index >= 15 is 0 Å². The summed E-state index contributed by atoms with van der Waals surface area (Å²) < 4.78 is 19.7. The van der Waals surface area contributed by atoms with Gasteiger partial charge in [0.15, 0.2) is 0 Å². The average molecular weight is 452 g/mol. The number of benzene rings is 2. The van der Waals surface area contributed by atoms with Gasteiger partial charge in [-0.05, 0) is 65.7 Å². The van der Waals surface area contributed by atoms with Gasteiger partial charge in [0.2, 0.25) is 5.91 Å². The molecule has 2 aromatic carbocycles. The van der Waals surface area contributed by atoms with Crippen LogP contribution in [0.1, 0.15) is 33.1 Å². The summed E-state index contributed by atoms with van der Waals surface area (Å²) >= 11 is 5.20. The number of rotatable bonds is 5. The van der Waals surface area contributed by atoms with Gasteiger partial charge in [0.1, 0.15) is 11.6 Å². The number of halogens is 2. The number of fused-ring (bicyclic) bond motifs is 1. The van der Waals surface area contributed by atoms with E-state index < -0.39 is 5.41 Å². The van der Waals surface area contributed by atoms with Crippen LogP contribution in [-0.2, 0) is 4.79 Å².